The number of nitrogens with zero attached hydrogens (tertiary/aromatic N) is 2. The molecule has 0 saturated carbocycles. The van der Waals surface area contributed by atoms with Crippen LogP contribution >= 0.6 is 0 Å². The summed E-state index contributed by atoms with van der Waals surface area (Å²) < 4.78 is 0. The molecular formula is C10H20N2. The van der Waals surface area contributed by atoms with E-state index in [0.29, 0.717) is 12.0 Å². The van der Waals surface area contributed by atoms with Gasteiger partial charge in [-0.3, -0.25) is 5.01 Å². The Kier molecular flexibility index (Phi) is 4.64. The Bertz CT molecular complexity index is 169. The lowest BCUT2D eigenvalue weighted by Gasteiger charge is -2.19. The van der Waals surface area contributed by atoms with Crippen LogP contribution in [0.3, 0.4) is 0 Å². The fourth-order valence-corrected chi connectivity index (χ4v) is 0.690. The average molecular weight is 168 g/mol. The number of hydrogen-bond acceptors (Lipinski definition) is 2. The molecule has 70 valence electrons. The predicted molar refractivity (Wildman–Crippen MR) is 55.4 cm³/mol. The molecule has 0 aromatic carbocycles. The fourth-order valence-electron chi connectivity index (χ4n) is 0.690. The quantitative estimate of drug-likeness (QED) is 0.465. The van der Waals surface area contributed by atoms with Crippen molar-refractivity contribution in [3.63, 3.8) is 0 Å². The molecule has 0 spiro atoms. The highest BCUT2D eigenvalue weighted by molar-refractivity contribution is 5.95. The highest BCUT2D eigenvalue weighted by atomic mass is 15.4. The van der Waals surface area contributed by atoms with Crippen LogP contribution in [0, 0.1) is 5.92 Å². The second-order valence-electron chi connectivity index (χ2n) is 3.55. The summed E-state index contributed by atoms with van der Waals surface area (Å²) in [6.45, 7) is 12.2. The topological polar surface area (TPSA) is 15.6 Å². The van der Waals surface area contributed by atoms with Gasteiger partial charge in [-0.05, 0) is 25.8 Å². The molecule has 0 atom stereocenters. The van der Waals surface area contributed by atoms with E-state index >= 15 is 0 Å². The third kappa shape index (κ3) is 3.56. The second-order valence-corrected chi connectivity index (χ2v) is 3.55. The number of rotatable bonds is 4. The van der Waals surface area contributed by atoms with Crippen LogP contribution in [0.4, 0.5) is 0 Å². The van der Waals surface area contributed by atoms with Gasteiger partial charge in [-0.15, -0.1) is 0 Å². The maximum absolute atomic E-state index is 4.43. The Labute approximate surface area is 76.0 Å². The average Bonchev–Trinajstić information content (AvgIpc) is 1.98. The maximum Gasteiger partial charge on any atom is 0.0624 e. The molecule has 0 unspecified atom stereocenters. The van der Waals surface area contributed by atoms with Gasteiger partial charge < -0.3 is 0 Å². The Hall–Kier alpha value is -0.790. The fraction of sp³-hybridized carbons (Fsp3) is 0.700. The molecule has 0 aliphatic carbocycles. The van der Waals surface area contributed by atoms with Gasteiger partial charge in [-0.1, -0.05) is 20.4 Å². The molecule has 2 nitrogen and oxygen atoms in total. The minimum absolute atomic E-state index is 0.443. The van der Waals surface area contributed by atoms with Crippen LogP contribution in [0.2, 0.25) is 0 Å². The van der Waals surface area contributed by atoms with E-state index in [1.807, 2.05) is 18.1 Å². The molecule has 0 radical (unpaired) electrons. The summed E-state index contributed by atoms with van der Waals surface area (Å²) >= 11 is 0. The largest absolute Gasteiger partial charge is 0.297 e. The van der Waals surface area contributed by atoms with Gasteiger partial charge in [0.15, 0.2) is 0 Å². The first-order valence-electron chi connectivity index (χ1n) is 4.42. The summed E-state index contributed by atoms with van der Waals surface area (Å²) in [5.74, 6) is 0.448. The summed E-state index contributed by atoms with van der Waals surface area (Å²) in [6.07, 6.45) is 1.82. The van der Waals surface area contributed by atoms with Crippen molar-refractivity contribution in [1.82, 2.24) is 5.01 Å². The van der Waals surface area contributed by atoms with Crippen LogP contribution in [0.25, 0.3) is 0 Å². The zero-order valence-electron chi connectivity index (χ0n) is 8.83. The van der Waals surface area contributed by atoms with Gasteiger partial charge in [0.2, 0.25) is 0 Å². The molecule has 0 rings (SSSR count). The standard InChI is InChI=1S/C10H20N2/c1-7-10(8(2)3)11-12(6)9(4)5/h7-9H,1H2,2-6H3/b11-10+. The summed E-state index contributed by atoms with van der Waals surface area (Å²) in [5, 5.41) is 6.38. The lowest BCUT2D eigenvalue weighted by atomic mass is 10.1. The second kappa shape index (κ2) is 4.96. The summed E-state index contributed by atoms with van der Waals surface area (Å²) in [6, 6.07) is 0.443. The number of allylic oxidation sites excluding steroid dienone is 1. The highest BCUT2D eigenvalue weighted by Crippen LogP contribution is 2.02. The lowest BCUT2D eigenvalue weighted by molar-refractivity contribution is 0.287. The van der Waals surface area contributed by atoms with Crippen molar-refractivity contribution in [2.24, 2.45) is 11.0 Å². The van der Waals surface area contributed by atoms with Gasteiger partial charge >= 0.3 is 0 Å². The molecule has 0 fully saturated rings. The Morgan fingerprint density at radius 1 is 1.33 bits per heavy atom. The molecule has 0 saturated heterocycles. The molecule has 0 aliphatic heterocycles. The smallest absolute Gasteiger partial charge is 0.0624 e. The number of hydrogen-bond donors (Lipinski definition) is 0. The molecule has 0 aromatic heterocycles. The van der Waals surface area contributed by atoms with Gasteiger partial charge in [0.25, 0.3) is 0 Å². The van der Waals surface area contributed by atoms with Gasteiger partial charge in [0.1, 0.15) is 0 Å². The van der Waals surface area contributed by atoms with E-state index in [0.717, 1.165) is 5.71 Å². The van der Waals surface area contributed by atoms with Crippen LogP contribution in [-0.4, -0.2) is 23.8 Å². The van der Waals surface area contributed by atoms with E-state index in [9.17, 15) is 0 Å². The first-order valence-corrected chi connectivity index (χ1v) is 4.42. The SMILES string of the molecule is C=C/C(=N\N(C)C(C)C)C(C)C. The van der Waals surface area contributed by atoms with E-state index < -0.39 is 0 Å². The van der Waals surface area contributed by atoms with E-state index in [-0.39, 0.29) is 0 Å². The van der Waals surface area contributed by atoms with E-state index in [2.05, 4.69) is 39.4 Å². The zero-order chi connectivity index (χ0) is 9.72. The molecule has 0 aliphatic rings. The van der Waals surface area contributed by atoms with Crippen molar-refractivity contribution in [1.29, 1.82) is 0 Å². The van der Waals surface area contributed by atoms with Crippen LogP contribution in [-0.2, 0) is 0 Å². The van der Waals surface area contributed by atoms with Crippen molar-refractivity contribution in [3.05, 3.63) is 12.7 Å². The Balaban J connectivity index is 4.37. The monoisotopic (exact) mass is 168 g/mol. The first kappa shape index (κ1) is 11.2. The van der Waals surface area contributed by atoms with Gasteiger partial charge in [-0.25, -0.2) is 0 Å². The lowest BCUT2D eigenvalue weighted by Crippen LogP contribution is -2.23. The molecule has 0 bridgehead atoms. The van der Waals surface area contributed by atoms with Crippen molar-refractivity contribution < 1.29 is 0 Å². The normalized spacial score (nSPS) is 12.4. The predicted octanol–water partition coefficient (Wildman–Crippen LogP) is 2.52. The van der Waals surface area contributed by atoms with Crippen LogP contribution in [0.1, 0.15) is 27.7 Å². The highest BCUT2D eigenvalue weighted by Gasteiger charge is 2.03. The van der Waals surface area contributed by atoms with Crippen LogP contribution in [0.5, 0.6) is 0 Å². The van der Waals surface area contributed by atoms with Crippen molar-refractivity contribution in [3.8, 4) is 0 Å². The third-order valence-electron chi connectivity index (χ3n) is 1.82. The molecule has 12 heavy (non-hydrogen) atoms. The Morgan fingerprint density at radius 2 is 1.83 bits per heavy atom. The van der Waals surface area contributed by atoms with Gasteiger partial charge in [-0.2, -0.15) is 5.10 Å². The summed E-state index contributed by atoms with van der Waals surface area (Å²) in [5.41, 5.74) is 1.05. The van der Waals surface area contributed by atoms with Crippen LogP contribution < -0.4 is 0 Å². The van der Waals surface area contributed by atoms with E-state index in [1.165, 1.54) is 0 Å². The molecule has 0 aromatic rings. The molecule has 0 amide bonds. The van der Waals surface area contributed by atoms with Gasteiger partial charge in [0, 0.05) is 13.1 Å². The Morgan fingerprint density at radius 3 is 2.08 bits per heavy atom. The summed E-state index contributed by atoms with van der Waals surface area (Å²) in [7, 11) is 1.98. The first-order chi connectivity index (χ1) is 5.49. The minimum atomic E-state index is 0.443. The van der Waals surface area contributed by atoms with Gasteiger partial charge in [0.05, 0.1) is 5.71 Å². The minimum Gasteiger partial charge on any atom is -0.297 e. The van der Waals surface area contributed by atoms with Crippen molar-refractivity contribution in [2.75, 3.05) is 7.05 Å². The molecule has 2 heteroatoms. The van der Waals surface area contributed by atoms with Crippen molar-refractivity contribution in [2.45, 2.75) is 33.7 Å². The molecule has 0 heterocycles. The third-order valence-corrected chi connectivity index (χ3v) is 1.82. The van der Waals surface area contributed by atoms with Crippen LogP contribution in [0.15, 0.2) is 17.8 Å². The maximum atomic E-state index is 4.43. The van der Waals surface area contributed by atoms with E-state index in [1.54, 1.807) is 0 Å². The molecule has 0 N–H and O–H groups in total. The zero-order valence-corrected chi connectivity index (χ0v) is 8.83. The molecular weight excluding hydrogens is 148 g/mol. The van der Waals surface area contributed by atoms with Crippen molar-refractivity contribution >= 4 is 5.71 Å². The number of hydrazone groups is 1. The van der Waals surface area contributed by atoms with E-state index in [4.69, 9.17) is 0 Å². The summed E-state index contributed by atoms with van der Waals surface area (Å²) in [4.78, 5) is 0.